The number of hydrogen-bond donors (Lipinski definition) is 1. The molecule has 0 saturated heterocycles. The van der Waals surface area contributed by atoms with Gasteiger partial charge >= 0.3 is 0 Å². The van der Waals surface area contributed by atoms with Gasteiger partial charge < -0.3 is 5.11 Å². The van der Waals surface area contributed by atoms with Crippen molar-refractivity contribution in [2.24, 2.45) is 0 Å². The third kappa shape index (κ3) is 3.01. The van der Waals surface area contributed by atoms with Gasteiger partial charge in [0.05, 0.1) is 6.10 Å². The zero-order valence-electron chi connectivity index (χ0n) is 11.2. The normalized spacial score (nSPS) is 19.8. The van der Waals surface area contributed by atoms with Crippen molar-refractivity contribution in [2.75, 3.05) is 13.6 Å². The Morgan fingerprint density at radius 2 is 2.28 bits per heavy atom. The van der Waals surface area contributed by atoms with Crippen LogP contribution in [0, 0.1) is 0 Å². The maximum Gasteiger partial charge on any atom is 0.0670 e. The summed E-state index contributed by atoms with van der Waals surface area (Å²) < 4.78 is 0. The maximum atomic E-state index is 9.97. The summed E-state index contributed by atoms with van der Waals surface area (Å²) in [5, 5.41) is 9.97. The summed E-state index contributed by atoms with van der Waals surface area (Å²) in [7, 11) is 2.11. The summed E-state index contributed by atoms with van der Waals surface area (Å²) in [6, 6.07) is 9.13. The van der Waals surface area contributed by atoms with Crippen molar-refractivity contribution in [3.05, 3.63) is 48.0 Å². The molecule has 0 spiro atoms. The summed E-state index contributed by atoms with van der Waals surface area (Å²) >= 11 is 0. The van der Waals surface area contributed by atoms with Crippen LogP contribution in [0.4, 0.5) is 0 Å². The molecule has 1 aliphatic carbocycles. The Bertz CT molecular complexity index is 402. The lowest BCUT2D eigenvalue weighted by atomic mass is 10.1. The maximum absolute atomic E-state index is 9.97. The molecule has 1 aromatic carbocycles. The lowest BCUT2D eigenvalue weighted by Gasteiger charge is -2.27. The Morgan fingerprint density at radius 1 is 1.50 bits per heavy atom. The molecule has 0 aromatic heterocycles. The molecule has 1 aliphatic rings. The van der Waals surface area contributed by atoms with Crippen LogP contribution in [0.1, 0.15) is 36.4 Å². The van der Waals surface area contributed by atoms with Crippen LogP contribution in [-0.4, -0.2) is 29.7 Å². The predicted molar refractivity (Wildman–Crippen MR) is 75.6 cm³/mol. The first kappa shape index (κ1) is 13.3. The molecule has 2 atom stereocenters. The van der Waals surface area contributed by atoms with E-state index in [-0.39, 0.29) is 6.10 Å². The minimum atomic E-state index is -0.249. The fourth-order valence-corrected chi connectivity index (χ4v) is 2.85. The first-order valence-electron chi connectivity index (χ1n) is 6.79. The fourth-order valence-electron chi connectivity index (χ4n) is 2.85. The number of aryl methyl sites for hydroxylation is 1. The Morgan fingerprint density at radius 3 is 3.06 bits per heavy atom. The summed E-state index contributed by atoms with van der Waals surface area (Å²) in [6.07, 6.45) is 5.64. The zero-order valence-corrected chi connectivity index (χ0v) is 11.2. The smallest absolute Gasteiger partial charge is 0.0670 e. The van der Waals surface area contributed by atoms with Crippen LogP contribution in [0.3, 0.4) is 0 Å². The molecule has 0 bridgehead atoms. The van der Waals surface area contributed by atoms with Crippen molar-refractivity contribution in [1.29, 1.82) is 0 Å². The van der Waals surface area contributed by atoms with Crippen molar-refractivity contribution in [3.63, 3.8) is 0 Å². The summed E-state index contributed by atoms with van der Waals surface area (Å²) in [5.74, 6) is 0. The lowest BCUT2D eigenvalue weighted by Crippen LogP contribution is -2.31. The van der Waals surface area contributed by atoms with Gasteiger partial charge in [-0.15, -0.1) is 6.58 Å². The molecule has 2 heteroatoms. The van der Waals surface area contributed by atoms with Gasteiger partial charge in [0, 0.05) is 12.6 Å². The standard InChI is InChI=1S/C16H23NO/c1-3-4-8-14(18)12-17(2)16-11-10-13-7-5-6-9-15(13)16/h3,5-7,9,14,16,18H,1,4,8,10-12H2,2H3. The van der Waals surface area contributed by atoms with E-state index in [1.54, 1.807) is 0 Å². The molecule has 1 N–H and O–H groups in total. The first-order valence-corrected chi connectivity index (χ1v) is 6.79. The predicted octanol–water partition coefficient (Wildman–Crippen LogP) is 2.93. The summed E-state index contributed by atoms with van der Waals surface area (Å²) in [4.78, 5) is 2.29. The van der Waals surface area contributed by atoms with E-state index in [0.717, 1.165) is 25.8 Å². The van der Waals surface area contributed by atoms with Crippen molar-refractivity contribution in [3.8, 4) is 0 Å². The third-order valence-corrected chi connectivity index (χ3v) is 3.84. The molecule has 2 nitrogen and oxygen atoms in total. The minimum Gasteiger partial charge on any atom is -0.392 e. The molecule has 0 radical (unpaired) electrons. The van der Waals surface area contributed by atoms with E-state index >= 15 is 0 Å². The highest BCUT2D eigenvalue weighted by molar-refractivity contribution is 5.34. The number of aliphatic hydroxyl groups excluding tert-OH is 1. The van der Waals surface area contributed by atoms with E-state index in [1.807, 2.05) is 6.08 Å². The Kier molecular flexibility index (Phi) is 4.56. The number of nitrogens with zero attached hydrogens (tertiary/aromatic N) is 1. The molecule has 0 heterocycles. The quantitative estimate of drug-likeness (QED) is 0.779. The second-order valence-electron chi connectivity index (χ2n) is 5.21. The molecule has 98 valence electrons. The third-order valence-electron chi connectivity index (χ3n) is 3.84. The van der Waals surface area contributed by atoms with E-state index in [2.05, 4.69) is 42.8 Å². The van der Waals surface area contributed by atoms with Gasteiger partial charge in [-0.2, -0.15) is 0 Å². The van der Waals surface area contributed by atoms with Gasteiger partial charge in [0.25, 0.3) is 0 Å². The number of benzene rings is 1. The van der Waals surface area contributed by atoms with Gasteiger partial charge in [-0.1, -0.05) is 30.3 Å². The highest BCUT2D eigenvalue weighted by Gasteiger charge is 2.26. The average molecular weight is 245 g/mol. The average Bonchev–Trinajstić information content (AvgIpc) is 2.80. The fraction of sp³-hybridized carbons (Fsp3) is 0.500. The highest BCUT2D eigenvalue weighted by atomic mass is 16.3. The Labute approximate surface area is 110 Å². The van der Waals surface area contributed by atoms with E-state index in [9.17, 15) is 5.11 Å². The Balaban J connectivity index is 1.94. The van der Waals surface area contributed by atoms with Gasteiger partial charge in [0.2, 0.25) is 0 Å². The number of likely N-dealkylation sites (N-methyl/N-ethyl adjacent to an activating group) is 1. The van der Waals surface area contributed by atoms with E-state index in [0.29, 0.717) is 6.04 Å². The molecule has 2 rings (SSSR count). The molecule has 0 saturated carbocycles. The van der Waals surface area contributed by atoms with Crippen LogP contribution < -0.4 is 0 Å². The van der Waals surface area contributed by atoms with Crippen LogP contribution in [0.2, 0.25) is 0 Å². The van der Waals surface area contributed by atoms with Crippen molar-refractivity contribution in [2.45, 2.75) is 37.8 Å². The van der Waals surface area contributed by atoms with Crippen LogP contribution in [0.25, 0.3) is 0 Å². The lowest BCUT2D eigenvalue weighted by molar-refractivity contribution is 0.0979. The van der Waals surface area contributed by atoms with Crippen LogP contribution in [0.5, 0.6) is 0 Å². The van der Waals surface area contributed by atoms with Crippen LogP contribution >= 0.6 is 0 Å². The first-order chi connectivity index (χ1) is 8.72. The summed E-state index contributed by atoms with van der Waals surface area (Å²) in [5.41, 5.74) is 2.91. The molecule has 0 fully saturated rings. The molecule has 0 aliphatic heterocycles. The van der Waals surface area contributed by atoms with E-state index < -0.39 is 0 Å². The molecule has 1 aromatic rings. The number of fused-ring (bicyclic) bond motifs is 1. The molecule has 2 unspecified atom stereocenters. The molecular weight excluding hydrogens is 222 g/mol. The van der Waals surface area contributed by atoms with Gasteiger partial charge in [-0.25, -0.2) is 0 Å². The van der Waals surface area contributed by atoms with Crippen LogP contribution in [-0.2, 0) is 6.42 Å². The topological polar surface area (TPSA) is 23.5 Å². The highest BCUT2D eigenvalue weighted by Crippen LogP contribution is 2.34. The number of hydrogen-bond acceptors (Lipinski definition) is 2. The summed E-state index contributed by atoms with van der Waals surface area (Å²) in [6.45, 7) is 4.44. The number of allylic oxidation sites excluding steroid dienone is 1. The SMILES string of the molecule is C=CCCC(O)CN(C)C1CCc2ccccc21. The minimum absolute atomic E-state index is 0.249. The van der Waals surface area contributed by atoms with Gasteiger partial charge in [0.1, 0.15) is 0 Å². The van der Waals surface area contributed by atoms with Gasteiger partial charge in [-0.3, -0.25) is 4.90 Å². The van der Waals surface area contributed by atoms with E-state index in [1.165, 1.54) is 17.5 Å². The second kappa shape index (κ2) is 6.17. The number of rotatable bonds is 6. The van der Waals surface area contributed by atoms with Crippen molar-refractivity contribution < 1.29 is 5.11 Å². The van der Waals surface area contributed by atoms with Crippen LogP contribution in [0.15, 0.2) is 36.9 Å². The molecular formula is C16H23NO. The monoisotopic (exact) mass is 245 g/mol. The van der Waals surface area contributed by atoms with Crippen molar-refractivity contribution in [1.82, 2.24) is 4.90 Å². The zero-order chi connectivity index (χ0) is 13.0. The van der Waals surface area contributed by atoms with Gasteiger partial charge in [-0.05, 0) is 43.9 Å². The van der Waals surface area contributed by atoms with Crippen molar-refractivity contribution >= 4 is 0 Å². The Hall–Kier alpha value is -1.12. The van der Waals surface area contributed by atoms with E-state index in [4.69, 9.17) is 0 Å². The molecule has 0 amide bonds. The number of aliphatic hydroxyl groups is 1. The largest absolute Gasteiger partial charge is 0.392 e. The second-order valence-corrected chi connectivity index (χ2v) is 5.21. The van der Waals surface area contributed by atoms with Gasteiger partial charge in [0.15, 0.2) is 0 Å². The molecule has 18 heavy (non-hydrogen) atoms.